The van der Waals surface area contributed by atoms with Crippen LogP contribution in [0.5, 0.6) is 5.75 Å². The van der Waals surface area contributed by atoms with E-state index < -0.39 is 17.7 Å². The molecule has 3 aromatic rings. The molecule has 0 radical (unpaired) electrons. The van der Waals surface area contributed by atoms with Crippen molar-refractivity contribution in [1.82, 2.24) is 5.32 Å². The molecule has 3 aromatic carbocycles. The van der Waals surface area contributed by atoms with E-state index in [0.717, 1.165) is 66.4 Å². The lowest BCUT2D eigenvalue weighted by atomic mass is 9.85. The third kappa shape index (κ3) is 8.52. The van der Waals surface area contributed by atoms with Crippen LogP contribution >= 0.6 is 0 Å². The second-order valence-electron chi connectivity index (χ2n) is 11.2. The Morgan fingerprint density at radius 1 is 0.953 bits per heavy atom. The van der Waals surface area contributed by atoms with E-state index >= 15 is 0 Å². The van der Waals surface area contributed by atoms with E-state index in [4.69, 9.17) is 18.9 Å². The minimum atomic E-state index is -0.572. The minimum Gasteiger partial charge on any atom is -0.490 e. The number of piperidine rings is 1. The van der Waals surface area contributed by atoms with Gasteiger partial charge in [0.15, 0.2) is 0 Å². The Kier molecular flexibility index (Phi) is 11.4. The number of nitrogens with zero attached hydrogens (tertiary/aromatic N) is 1. The van der Waals surface area contributed by atoms with Crippen LogP contribution in [-0.2, 0) is 33.8 Å². The number of hydrogen-bond donors (Lipinski definition) is 2. The van der Waals surface area contributed by atoms with Gasteiger partial charge >= 0.3 is 0 Å². The van der Waals surface area contributed by atoms with Crippen LogP contribution in [-0.4, -0.2) is 70.4 Å². The van der Waals surface area contributed by atoms with Gasteiger partial charge in [0, 0.05) is 45.9 Å². The number of nitrogens with one attached hydrogen (secondary N) is 1. The minimum absolute atomic E-state index is 0.163. The van der Waals surface area contributed by atoms with E-state index in [-0.39, 0.29) is 12.0 Å². The van der Waals surface area contributed by atoms with Gasteiger partial charge in [-0.25, -0.2) is 8.78 Å². The second kappa shape index (κ2) is 15.6. The molecule has 0 aromatic heterocycles. The SMILES string of the molecule is COCCCN1CCOc2ccc(CO[C@H]3CNC[C@@H](O)C3c3ccc(COCCCc4cc(F)ccc4F)cc3)cc21. The second-order valence-corrected chi connectivity index (χ2v) is 11.2. The summed E-state index contributed by atoms with van der Waals surface area (Å²) in [6, 6.07) is 17.8. The molecule has 2 heterocycles. The molecule has 0 spiro atoms. The molecule has 7 nitrogen and oxygen atoms in total. The first kappa shape index (κ1) is 31.3. The molecular weight excluding hydrogens is 554 g/mol. The molecule has 1 unspecified atom stereocenters. The summed E-state index contributed by atoms with van der Waals surface area (Å²) in [5.74, 6) is -0.0936. The average molecular weight is 597 g/mol. The summed E-state index contributed by atoms with van der Waals surface area (Å²) in [5.41, 5.74) is 4.54. The highest BCUT2D eigenvalue weighted by Gasteiger charge is 2.34. The van der Waals surface area contributed by atoms with Gasteiger partial charge in [0.2, 0.25) is 0 Å². The number of halogens is 2. The lowest BCUT2D eigenvalue weighted by molar-refractivity contribution is -0.0328. The molecule has 232 valence electrons. The molecule has 2 aliphatic rings. The van der Waals surface area contributed by atoms with Crippen molar-refractivity contribution >= 4 is 5.69 Å². The maximum absolute atomic E-state index is 13.8. The number of anilines is 1. The number of ether oxygens (including phenoxy) is 4. The quantitative estimate of drug-likeness (QED) is 0.254. The number of aryl methyl sites for hydroxylation is 1. The number of hydrogen-bond acceptors (Lipinski definition) is 7. The third-order valence-corrected chi connectivity index (χ3v) is 8.11. The Hall–Kier alpha value is -3.08. The summed E-state index contributed by atoms with van der Waals surface area (Å²) >= 11 is 0. The Labute approximate surface area is 252 Å². The Balaban J connectivity index is 1.14. The van der Waals surface area contributed by atoms with E-state index in [1.165, 1.54) is 6.07 Å². The number of fused-ring (bicyclic) bond motifs is 1. The van der Waals surface area contributed by atoms with Gasteiger partial charge in [0.05, 0.1) is 37.7 Å². The molecule has 2 N–H and O–H groups in total. The van der Waals surface area contributed by atoms with Gasteiger partial charge < -0.3 is 34.3 Å². The van der Waals surface area contributed by atoms with Crippen molar-refractivity contribution in [2.24, 2.45) is 0 Å². The lowest BCUT2D eigenvalue weighted by Gasteiger charge is -2.36. The molecule has 2 aliphatic heterocycles. The molecule has 3 atom stereocenters. The fraction of sp³-hybridized carbons (Fsp3) is 0.471. The predicted molar refractivity (Wildman–Crippen MR) is 162 cm³/mol. The summed E-state index contributed by atoms with van der Waals surface area (Å²) in [5, 5.41) is 14.2. The molecule has 9 heteroatoms. The lowest BCUT2D eigenvalue weighted by Crippen LogP contribution is -2.49. The van der Waals surface area contributed by atoms with Gasteiger partial charge in [-0.3, -0.25) is 0 Å². The number of benzene rings is 3. The summed E-state index contributed by atoms with van der Waals surface area (Å²) in [7, 11) is 1.72. The van der Waals surface area contributed by atoms with Gasteiger partial charge in [-0.15, -0.1) is 0 Å². The van der Waals surface area contributed by atoms with Crippen LogP contribution in [0.3, 0.4) is 0 Å². The van der Waals surface area contributed by atoms with Crippen molar-refractivity contribution in [2.45, 2.75) is 50.6 Å². The van der Waals surface area contributed by atoms with Crippen LogP contribution in [0.25, 0.3) is 0 Å². The first-order chi connectivity index (χ1) is 21.0. The molecule has 0 aliphatic carbocycles. The standard InChI is InChI=1S/C34H42F2N2O5/c1-40-15-3-13-38-14-17-42-32-12-7-25(18-30(32)38)23-43-33-21-37-20-31(39)34(33)26-8-5-24(6-9-26)22-41-16-2-4-27-19-28(35)10-11-29(27)36/h5-12,18-19,31,33-34,37,39H,2-4,13-17,20-23H2,1H3/t31-,33+,34?/m1/s1. The van der Waals surface area contributed by atoms with E-state index in [0.29, 0.717) is 57.9 Å². The molecule has 5 rings (SSSR count). The Morgan fingerprint density at radius 3 is 2.63 bits per heavy atom. The molecule has 1 saturated heterocycles. The van der Waals surface area contributed by atoms with Crippen LogP contribution < -0.4 is 15.0 Å². The smallest absolute Gasteiger partial charge is 0.142 e. The van der Waals surface area contributed by atoms with Gasteiger partial charge in [-0.2, -0.15) is 0 Å². The molecule has 43 heavy (non-hydrogen) atoms. The van der Waals surface area contributed by atoms with E-state index in [1.807, 2.05) is 36.4 Å². The molecule has 0 bridgehead atoms. The van der Waals surface area contributed by atoms with E-state index in [9.17, 15) is 13.9 Å². The number of aliphatic hydroxyl groups is 1. The first-order valence-electron chi connectivity index (χ1n) is 15.1. The van der Waals surface area contributed by atoms with Crippen molar-refractivity contribution < 1.29 is 32.8 Å². The fourth-order valence-corrected chi connectivity index (χ4v) is 5.84. The maximum atomic E-state index is 13.8. The van der Waals surface area contributed by atoms with Gasteiger partial charge in [0.1, 0.15) is 24.0 Å². The zero-order valence-electron chi connectivity index (χ0n) is 24.8. The highest BCUT2D eigenvalue weighted by atomic mass is 19.1. The highest BCUT2D eigenvalue weighted by Crippen LogP contribution is 2.34. The van der Waals surface area contributed by atoms with Crippen LogP contribution in [0.2, 0.25) is 0 Å². The molecular formula is C34H42F2N2O5. The molecule has 0 saturated carbocycles. The Morgan fingerprint density at radius 2 is 1.79 bits per heavy atom. The summed E-state index contributed by atoms with van der Waals surface area (Å²) < 4.78 is 50.5. The van der Waals surface area contributed by atoms with Crippen LogP contribution in [0.1, 0.15) is 41.0 Å². The van der Waals surface area contributed by atoms with Gasteiger partial charge in [-0.05, 0) is 71.8 Å². The zero-order valence-corrected chi connectivity index (χ0v) is 24.8. The summed E-state index contributed by atoms with van der Waals surface area (Å²) in [6.07, 6.45) is 1.20. The average Bonchev–Trinajstić information content (AvgIpc) is 3.02. The summed E-state index contributed by atoms with van der Waals surface area (Å²) in [6.45, 7) is 5.60. The van der Waals surface area contributed by atoms with Gasteiger partial charge in [-0.1, -0.05) is 30.3 Å². The largest absolute Gasteiger partial charge is 0.490 e. The fourth-order valence-electron chi connectivity index (χ4n) is 5.84. The summed E-state index contributed by atoms with van der Waals surface area (Å²) in [4.78, 5) is 2.34. The topological polar surface area (TPSA) is 72.4 Å². The number of rotatable bonds is 14. The van der Waals surface area contributed by atoms with Crippen molar-refractivity contribution in [1.29, 1.82) is 0 Å². The van der Waals surface area contributed by atoms with Crippen LogP contribution in [0.4, 0.5) is 14.5 Å². The predicted octanol–water partition coefficient (Wildman–Crippen LogP) is 4.98. The van der Waals surface area contributed by atoms with E-state index in [1.54, 1.807) is 7.11 Å². The molecule has 1 fully saturated rings. The van der Waals surface area contributed by atoms with Crippen molar-refractivity contribution in [3.63, 3.8) is 0 Å². The van der Waals surface area contributed by atoms with Crippen molar-refractivity contribution in [2.75, 3.05) is 58.0 Å². The first-order valence-corrected chi connectivity index (χ1v) is 15.1. The molecule has 0 amide bonds. The van der Waals surface area contributed by atoms with Gasteiger partial charge in [0.25, 0.3) is 0 Å². The Bertz CT molecular complexity index is 1310. The third-order valence-electron chi connectivity index (χ3n) is 8.11. The van der Waals surface area contributed by atoms with Crippen LogP contribution in [0, 0.1) is 11.6 Å². The number of methoxy groups -OCH3 is 1. The zero-order chi connectivity index (χ0) is 30.0. The normalized spacial score (nSPS) is 20.1. The van der Waals surface area contributed by atoms with Crippen molar-refractivity contribution in [3.05, 3.63) is 94.6 Å². The van der Waals surface area contributed by atoms with Crippen LogP contribution in [0.15, 0.2) is 60.7 Å². The monoisotopic (exact) mass is 596 g/mol. The highest BCUT2D eigenvalue weighted by molar-refractivity contribution is 5.61. The maximum Gasteiger partial charge on any atom is 0.142 e. The number of aliphatic hydroxyl groups excluding tert-OH is 1. The van der Waals surface area contributed by atoms with Crippen molar-refractivity contribution in [3.8, 4) is 5.75 Å². The van der Waals surface area contributed by atoms with E-state index in [2.05, 4.69) is 16.3 Å². The number of β-amino-alcohol motifs (C(OH)–C–C–N with tert-alkyl or cyclic N) is 1.